The van der Waals surface area contributed by atoms with Crippen LogP contribution in [0.2, 0.25) is 5.02 Å². The number of aryl methyl sites for hydroxylation is 3. The van der Waals surface area contributed by atoms with Crippen molar-refractivity contribution < 1.29 is 14.6 Å². The van der Waals surface area contributed by atoms with Crippen LogP contribution in [-0.2, 0) is 45.9 Å². The standard InChI is InChI=1S/C39H44ClN7O3S/c1-24-35-33(42-47(24)16-15-43(2)3)22-44(4)21-26-19-27(46(6)41-26)23-51-28-18-25-10-7-8-11-29(25)34(20-28)50-17-9-12-30-31-13-14-32(40)36(35)37(31)45(5)38(30)39(48)49/h7-8,10-11,13-14,18-20H,9,12,15-17,21-23H2,1-6H3,(H,48,49). The van der Waals surface area contributed by atoms with Gasteiger partial charge in [-0.2, -0.15) is 10.2 Å². The number of aromatic carboxylic acids is 1. The second kappa shape index (κ2) is 14.4. The lowest BCUT2D eigenvalue weighted by Crippen LogP contribution is -2.20. The minimum atomic E-state index is -0.968. The lowest BCUT2D eigenvalue weighted by molar-refractivity contribution is 0.0685. The Labute approximate surface area is 307 Å². The van der Waals surface area contributed by atoms with Crippen molar-refractivity contribution in [1.82, 2.24) is 33.9 Å². The van der Waals surface area contributed by atoms with E-state index in [0.717, 1.165) is 84.1 Å². The number of benzene rings is 3. The molecule has 0 spiro atoms. The molecule has 0 radical (unpaired) electrons. The highest BCUT2D eigenvalue weighted by Crippen LogP contribution is 2.42. The Bertz CT molecular complexity index is 2270. The zero-order valence-electron chi connectivity index (χ0n) is 30.0. The van der Waals surface area contributed by atoms with Gasteiger partial charge in [0, 0.05) is 77.7 Å². The van der Waals surface area contributed by atoms with Gasteiger partial charge in [-0.1, -0.05) is 41.9 Å². The lowest BCUT2D eigenvalue weighted by Gasteiger charge is -2.16. The highest BCUT2D eigenvalue weighted by atomic mass is 35.5. The number of rotatable bonds is 4. The summed E-state index contributed by atoms with van der Waals surface area (Å²) in [5.41, 5.74) is 7.60. The van der Waals surface area contributed by atoms with E-state index in [1.165, 1.54) is 0 Å². The van der Waals surface area contributed by atoms with Crippen molar-refractivity contribution in [2.24, 2.45) is 14.1 Å². The summed E-state index contributed by atoms with van der Waals surface area (Å²) in [6.07, 6.45) is 1.17. The lowest BCUT2D eigenvalue weighted by atomic mass is 9.98. The highest BCUT2D eigenvalue weighted by molar-refractivity contribution is 7.98. The van der Waals surface area contributed by atoms with E-state index in [2.05, 4.69) is 72.9 Å². The molecule has 8 bridgehead atoms. The normalized spacial score (nSPS) is 14.6. The van der Waals surface area contributed by atoms with Gasteiger partial charge >= 0.3 is 5.97 Å². The molecular formula is C39H44ClN7O3S. The van der Waals surface area contributed by atoms with Gasteiger partial charge in [0.25, 0.3) is 0 Å². The van der Waals surface area contributed by atoms with E-state index in [-0.39, 0.29) is 5.69 Å². The van der Waals surface area contributed by atoms with Crippen molar-refractivity contribution in [3.63, 3.8) is 0 Å². The molecule has 1 aliphatic heterocycles. The third-order valence-electron chi connectivity index (χ3n) is 9.79. The molecule has 266 valence electrons. The summed E-state index contributed by atoms with van der Waals surface area (Å²) in [5, 5.41) is 24.2. The Balaban J connectivity index is 1.38. The summed E-state index contributed by atoms with van der Waals surface area (Å²) in [7, 11) is 10.0. The zero-order chi connectivity index (χ0) is 36.0. The monoisotopic (exact) mass is 725 g/mol. The molecule has 3 aromatic carbocycles. The van der Waals surface area contributed by atoms with E-state index in [1.54, 1.807) is 16.3 Å². The SMILES string of the molecule is Cc1c2c(nn1CCN(C)C)CN(C)Cc1cc(n(C)n1)CSc1cc(c3ccccc3c1)OCCCc1c(C(=O)O)n(C)c3c-2c(Cl)ccc13. The molecule has 0 unspecified atom stereocenters. The highest BCUT2D eigenvalue weighted by Gasteiger charge is 2.28. The quantitative estimate of drug-likeness (QED) is 0.201. The summed E-state index contributed by atoms with van der Waals surface area (Å²) in [6.45, 7) is 5.24. The summed E-state index contributed by atoms with van der Waals surface area (Å²) >= 11 is 8.89. The van der Waals surface area contributed by atoms with Crippen LogP contribution in [0.4, 0.5) is 0 Å². The van der Waals surface area contributed by atoms with Crippen molar-refractivity contribution in [3.8, 4) is 16.9 Å². The summed E-state index contributed by atoms with van der Waals surface area (Å²) in [4.78, 5) is 18.4. The number of nitrogens with zero attached hydrogens (tertiary/aromatic N) is 7. The topological polar surface area (TPSA) is 93.6 Å². The van der Waals surface area contributed by atoms with E-state index in [9.17, 15) is 9.90 Å². The molecule has 0 saturated heterocycles. The number of ether oxygens (including phenoxy) is 1. The number of hydrogen-bond acceptors (Lipinski definition) is 7. The Hall–Kier alpha value is -4.29. The van der Waals surface area contributed by atoms with Crippen LogP contribution < -0.4 is 4.74 Å². The smallest absolute Gasteiger partial charge is 0.352 e. The number of hydrogen-bond donors (Lipinski definition) is 1. The molecule has 3 aromatic heterocycles. The number of halogens is 1. The largest absolute Gasteiger partial charge is 0.493 e. The number of carbonyl (C=O) groups is 1. The maximum absolute atomic E-state index is 12.9. The first-order valence-electron chi connectivity index (χ1n) is 17.2. The van der Waals surface area contributed by atoms with Gasteiger partial charge in [-0.25, -0.2) is 4.79 Å². The summed E-state index contributed by atoms with van der Waals surface area (Å²) in [6, 6.07) is 18.6. The van der Waals surface area contributed by atoms with E-state index in [4.69, 9.17) is 26.5 Å². The van der Waals surface area contributed by atoms with Gasteiger partial charge in [0.15, 0.2) is 0 Å². The summed E-state index contributed by atoms with van der Waals surface area (Å²) in [5.74, 6) is 0.625. The van der Waals surface area contributed by atoms with Crippen LogP contribution in [0.3, 0.4) is 0 Å². The predicted molar refractivity (Wildman–Crippen MR) is 205 cm³/mol. The third-order valence-corrected chi connectivity index (χ3v) is 11.1. The number of thioether (sulfide) groups is 1. The first-order chi connectivity index (χ1) is 24.5. The molecule has 10 nitrogen and oxygen atoms in total. The van der Waals surface area contributed by atoms with E-state index < -0.39 is 5.97 Å². The molecule has 4 heterocycles. The van der Waals surface area contributed by atoms with Crippen molar-refractivity contribution in [3.05, 3.63) is 93.7 Å². The fourth-order valence-electron chi connectivity index (χ4n) is 7.33. The average molecular weight is 726 g/mol. The van der Waals surface area contributed by atoms with Gasteiger partial charge in [-0.15, -0.1) is 11.8 Å². The van der Waals surface area contributed by atoms with Gasteiger partial charge in [0.05, 0.1) is 35.1 Å². The molecule has 0 amide bonds. The van der Waals surface area contributed by atoms with Gasteiger partial charge in [0.2, 0.25) is 0 Å². The molecule has 0 saturated carbocycles. The molecule has 1 aliphatic rings. The van der Waals surface area contributed by atoms with Crippen LogP contribution in [0.5, 0.6) is 5.75 Å². The first kappa shape index (κ1) is 35.1. The minimum Gasteiger partial charge on any atom is -0.493 e. The molecule has 0 atom stereocenters. The van der Waals surface area contributed by atoms with Gasteiger partial charge < -0.3 is 19.3 Å². The molecule has 12 heteroatoms. The number of carboxylic acids is 1. The van der Waals surface area contributed by atoms with Crippen molar-refractivity contribution in [2.45, 2.75) is 50.0 Å². The Morgan fingerprint density at radius 3 is 2.61 bits per heavy atom. The van der Waals surface area contributed by atoms with Crippen LogP contribution in [0.25, 0.3) is 32.8 Å². The fourth-order valence-corrected chi connectivity index (χ4v) is 8.57. The molecule has 7 rings (SSSR count). The van der Waals surface area contributed by atoms with Gasteiger partial charge in [0.1, 0.15) is 11.4 Å². The Kier molecular flexibility index (Phi) is 9.91. The molecule has 51 heavy (non-hydrogen) atoms. The van der Waals surface area contributed by atoms with E-state index in [1.807, 2.05) is 43.0 Å². The molecular weight excluding hydrogens is 682 g/mol. The average Bonchev–Trinajstić information content (AvgIpc) is 3.69. The van der Waals surface area contributed by atoms with Gasteiger partial charge in [-0.05, 0) is 76.1 Å². The van der Waals surface area contributed by atoms with Crippen LogP contribution in [0.15, 0.2) is 59.5 Å². The second-order valence-corrected chi connectivity index (χ2v) is 15.2. The maximum Gasteiger partial charge on any atom is 0.352 e. The summed E-state index contributed by atoms with van der Waals surface area (Å²) < 4.78 is 12.3. The van der Waals surface area contributed by atoms with Crippen LogP contribution in [0.1, 0.15) is 45.2 Å². The Morgan fingerprint density at radius 1 is 1.02 bits per heavy atom. The zero-order valence-corrected chi connectivity index (χ0v) is 31.6. The van der Waals surface area contributed by atoms with Crippen LogP contribution >= 0.6 is 23.4 Å². The number of aromatic nitrogens is 5. The predicted octanol–water partition coefficient (Wildman–Crippen LogP) is 7.40. The molecule has 0 fully saturated rings. The fraction of sp³-hybridized carbons (Fsp3) is 0.359. The van der Waals surface area contributed by atoms with Crippen molar-refractivity contribution >= 4 is 51.0 Å². The van der Waals surface area contributed by atoms with E-state index >= 15 is 0 Å². The number of fused-ring (bicyclic) bond motifs is 8. The number of likely N-dealkylation sites (N-methyl/N-ethyl adjacent to an activating group) is 1. The van der Waals surface area contributed by atoms with Crippen molar-refractivity contribution in [2.75, 3.05) is 34.3 Å². The Morgan fingerprint density at radius 2 is 1.82 bits per heavy atom. The third kappa shape index (κ3) is 6.87. The van der Waals surface area contributed by atoms with Gasteiger partial charge in [-0.3, -0.25) is 14.3 Å². The first-order valence-corrected chi connectivity index (χ1v) is 18.6. The second-order valence-electron chi connectivity index (χ2n) is 13.7. The van der Waals surface area contributed by atoms with Crippen LogP contribution in [-0.4, -0.2) is 79.3 Å². The van der Waals surface area contributed by atoms with Crippen molar-refractivity contribution in [1.29, 1.82) is 0 Å². The minimum absolute atomic E-state index is 0.266. The molecule has 0 aliphatic carbocycles. The molecule has 1 N–H and O–H groups in total. The van der Waals surface area contributed by atoms with Crippen LogP contribution in [0, 0.1) is 6.92 Å². The number of carboxylic acid groups (broad SMARTS) is 1. The van der Waals surface area contributed by atoms with E-state index in [0.29, 0.717) is 44.1 Å². The molecule has 6 aromatic rings. The maximum atomic E-state index is 12.9.